The Labute approximate surface area is 153 Å². The van der Waals surface area contributed by atoms with Crippen molar-refractivity contribution in [3.63, 3.8) is 0 Å². The van der Waals surface area contributed by atoms with Gasteiger partial charge in [-0.3, -0.25) is 0 Å². The molecule has 0 bridgehead atoms. The van der Waals surface area contributed by atoms with Crippen LogP contribution in [0.1, 0.15) is 29.7 Å². The fourth-order valence-corrected chi connectivity index (χ4v) is 4.49. The molecule has 0 atom stereocenters. The number of H-pyrrole nitrogens is 1. The van der Waals surface area contributed by atoms with Crippen molar-refractivity contribution in [2.24, 2.45) is 0 Å². The predicted octanol–water partition coefficient (Wildman–Crippen LogP) is 3.06. The van der Waals surface area contributed by atoms with Crippen LogP contribution in [0.2, 0.25) is 0 Å². The first-order chi connectivity index (χ1) is 12.3. The molecule has 0 fully saturated rings. The maximum absolute atomic E-state index is 13.3. The predicted molar refractivity (Wildman–Crippen MR) is 98.0 cm³/mol. The quantitative estimate of drug-likeness (QED) is 0.716. The molecule has 1 N–H and O–H groups in total. The lowest BCUT2D eigenvalue weighted by Gasteiger charge is -2.18. The molecule has 0 aliphatic heterocycles. The molecule has 0 radical (unpaired) electrons. The third-order valence-electron chi connectivity index (χ3n) is 4.23. The summed E-state index contributed by atoms with van der Waals surface area (Å²) >= 11 is 0. The van der Waals surface area contributed by atoms with Gasteiger partial charge in [-0.1, -0.05) is 42.4 Å². The third kappa shape index (κ3) is 3.30. The van der Waals surface area contributed by atoms with Crippen LogP contribution in [0.4, 0.5) is 0 Å². The van der Waals surface area contributed by atoms with Gasteiger partial charge >= 0.3 is 0 Å². The SMILES string of the molecule is CCc1noc(-c2c(C)[nH]c(C)c2S(=O)(=O)N(C)Cc2ccccc2)n1. The van der Waals surface area contributed by atoms with Crippen LogP contribution in [0.15, 0.2) is 39.8 Å². The molecule has 0 spiro atoms. The number of aryl methyl sites for hydroxylation is 3. The third-order valence-corrected chi connectivity index (χ3v) is 6.21. The number of hydrogen-bond acceptors (Lipinski definition) is 5. The Morgan fingerprint density at radius 3 is 2.46 bits per heavy atom. The second kappa shape index (κ2) is 7.05. The van der Waals surface area contributed by atoms with E-state index in [1.807, 2.05) is 37.3 Å². The summed E-state index contributed by atoms with van der Waals surface area (Å²) in [4.78, 5) is 7.58. The van der Waals surface area contributed by atoms with Crippen molar-refractivity contribution in [2.45, 2.75) is 38.6 Å². The molecular weight excluding hydrogens is 352 g/mol. The first-order valence-electron chi connectivity index (χ1n) is 8.37. The lowest BCUT2D eigenvalue weighted by Crippen LogP contribution is -2.27. The van der Waals surface area contributed by atoms with Crippen LogP contribution < -0.4 is 0 Å². The standard InChI is InChI=1S/C18H22N4O3S/c1-5-15-20-18(25-21-15)16-12(2)19-13(3)17(16)26(23,24)22(4)11-14-9-7-6-8-10-14/h6-10,19H,5,11H2,1-4H3. The normalized spacial score (nSPS) is 12.0. The Bertz CT molecular complexity index is 1010. The molecule has 1 aromatic carbocycles. The highest BCUT2D eigenvalue weighted by molar-refractivity contribution is 7.89. The van der Waals surface area contributed by atoms with Crippen molar-refractivity contribution < 1.29 is 12.9 Å². The lowest BCUT2D eigenvalue weighted by atomic mass is 10.2. The van der Waals surface area contributed by atoms with Gasteiger partial charge in [-0.15, -0.1) is 0 Å². The monoisotopic (exact) mass is 374 g/mol. The van der Waals surface area contributed by atoms with E-state index in [9.17, 15) is 8.42 Å². The summed E-state index contributed by atoms with van der Waals surface area (Å²) in [7, 11) is -2.18. The van der Waals surface area contributed by atoms with Crippen LogP contribution in [0.3, 0.4) is 0 Å². The van der Waals surface area contributed by atoms with E-state index in [0.29, 0.717) is 29.2 Å². The zero-order chi connectivity index (χ0) is 18.9. The number of nitrogens with one attached hydrogen (secondary N) is 1. The number of aromatic nitrogens is 3. The van der Waals surface area contributed by atoms with E-state index in [0.717, 1.165) is 5.56 Å². The van der Waals surface area contributed by atoms with E-state index in [-0.39, 0.29) is 17.3 Å². The molecule has 8 heteroatoms. The number of hydrogen-bond donors (Lipinski definition) is 1. The largest absolute Gasteiger partial charge is 0.361 e. The summed E-state index contributed by atoms with van der Waals surface area (Å²) in [6, 6.07) is 9.47. The van der Waals surface area contributed by atoms with Crippen LogP contribution in [0.25, 0.3) is 11.5 Å². The second-order valence-corrected chi connectivity index (χ2v) is 8.18. The Balaban J connectivity index is 2.05. The molecule has 7 nitrogen and oxygen atoms in total. The van der Waals surface area contributed by atoms with Gasteiger partial charge in [0.15, 0.2) is 5.82 Å². The van der Waals surface area contributed by atoms with E-state index in [4.69, 9.17) is 4.52 Å². The van der Waals surface area contributed by atoms with Gasteiger partial charge in [-0.05, 0) is 19.4 Å². The molecule has 26 heavy (non-hydrogen) atoms. The summed E-state index contributed by atoms with van der Waals surface area (Å²) in [5.41, 5.74) is 2.58. The number of nitrogens with zero attached hydrogens (tertiary/aromatic N) is 3. The molecule has 0 unspecified atom stereocenters. The molecule has 0 aliphatic rings. The molecule has 2 heterocycles. The Hall–Kier alpha value is -2.45. The van der Waals surface area contributed by atoms with Crippen LogP contribution >= 0.6 is 0 Å². The number of rotatable bonds is 6. The van der Waals surface area contributed by atoms with Gasteiger partial charge in [-0.25, -0.2) is 8.42 Å². The minimum absolute atomic E-state index is 0.180. The van der Waals surface area contributed by atoms with Gasteiger partial charge in [0, 0.05) is 31.4 Å². The van der Waals surface area contributed by atoms with Crippen LogP contribution in [-0.4, -0.2) is 34.9 Å². The van der Waals surface area contributed by atoms with Crippen molar-refractivity contribution in [2.75, 3.05) is 7.05 Å². The number of benzene rings is 1. The molecule has 0 saturated carbocycles. The van der Waals surface area contributed by atoms with Gasteiger partial charge < -0.3 is 9.51 Å². The van der Waals surface area contributed by atoms with Crippen LogP contribution in [0, 0.1) is 13.8 Å². The Kier molecular flexibility index (Phi) is 4.97. The van der Waals surface area contributed by atoms with Crippen molar-refractivity contribution in [1.82, 2.24) is 19.4 Å². The Morgan fingerprint density at radius 1 is 1.15 bits per heavy atom. The molecule has 0 amide bonds. The summed E-state index contributed by atoms with van der Waals surface area (Å²) in [6.45, 7) is 5.72. The van der Waals surface area contributed by atoms with Gasteiger partial charge in [0.1, 0.15) is 4.90 Å². The summed E-state index contributed by atoms with van der Waals surface area (Å²) in [5.74, 6) is 0.759. The topological polar surface area (TPSA) is 92.1 Å². The molecule has 3 aromatic rings. The van der Waals surface area contributed by atoms with Crippen LogP contribution in [-0.2, 0) is 23.0 Å². The molecule has 138 valence electrons. The fourth-order valence-electron chi connectivity index (χ4n) is 2.92. The van der Waals surface area contributed by atoms with E-state index >= 15 is 0 Å². The summed E-state index contributed by atoms with van der Waals surface area (Å²) < 4.78 is 33.2. The van der Waals surface area contributed by atoms with Crippen molar-refractivity contribution in [3.8, 4) is 11.5 Å². The van der Waals surface area contributed by atoms with Gasteiger partial charge in [0.05, 0.1) is 5.56 Å². The minimum atomic E-state index is -3.75. The van der Waals surface area contributed by atoms with E-state index < -0.39 is 10.0 Å². The average Bonchev–Trinajstić information content (AvgIpc) is 3.19. The van der Waals surface area contributed by atoms with Crippen molar-refractivity contribution in [1.29, 1.82) is 0 Å². The lowest BCUT2D eigenvalue weighted by molar-refractivity contribution is 0.421. The first kappa shape index (κ1) is 18.3. The maximum atomic E-state index is 13.3. The van der Waals surface area contributed by atoms with Gasteiger partial charge in [0.2, 0.25) is 10.0 Å². The first-order valence-corrected chi connectivity index (χ1v) is 9.81. The highest BCUT2D eigenvalue weighted by Crippen LogP contribution is 2.34. The Morgan fingerprint density at radius 2 is 1.85 bits per heavy atom. The summed E-state index contributed by atoms with van der Waals surface area (Å²) in [6.07, 6.45) is 0.613. The maximum Gasteiger partial charge on any atom is 0.261 e. The molecule has 0 aliphatic carbocycles. The van der Waals surface area contributed by atoms with Gasteiger partial charge in [-0.2, -0.15) is 9.29 Å². The minimum Gasteiger partial charge on any atom is -0.361 e. The molecule has 2 aromatic heterocycles. The fraction of sp³-hybridized carbons (Fsp3) is 0.333. The van der Waals surface area contributed by atoms with Crippen LogP contribution in [0.5, 0.6) is 0 Å². The zero-order valence-corrected chi connectivity index (χ0v) is 16.1. The molecule has 0 saturated heterocycles. The van der Waals surface area contributed by atoms with Crippen molar-refractivity contribution >= 4 is 10.0 Å². The second-order valence-electron chi connectivity index (χ2n) is 6.20. The highest BCUT2D eigenvalue weighted by atomic mass is 32.2. The smallest absolute Gasteiger partial charge is 0.261 e. The highest BCUT2D eigenvalue weighted by Gasteiger charge is 2.32. The zero-order valence-electron chi connectivity index (χ0n) is 15.3. The van der Waals surface area contributed by atoms with Crippen molar-refractivity contribution in [3.05, 3.63) is 53.1 Å². The molecular formula is C18H22N4O3S. The average molecular weight is 374 g/mol. The van der Waals surface area contributed by atoms with E-state index in [2.05, 4.69) is 15.1 Å². The number of aromatic amines is 1. The van der Waals surface area contributed by atoms with Gasteiger partial charge in [0.25, 0.3) is 5.89 Å². The number of sulfonamides is 1. The molecule has 3 rings (SSSR count). The van der Waals surface area contributed by atoms with E-state index in [1.165, 1.54) is 4.31 Å². The summed E-state index contributed by atoms with van der Waals surface area (Å²) in [5, 5.41) is 3.89. The van der Waals surface area contributed by atoms with E-state index in [1.54, 1.807) is 20.9 Å².